The van der Waals surface area contributed by atoms with Gasteiger partial charge in [-0.3, -0.25) is 14.9 Å². The van der Waals surface area contributed by atoms with Crippen molar-refractivity contribution in [2.45, 2.75) is 13.3 Å². The Kier molecular flexibility index (Phi) is 3.57. The fourth-order valence-electron chi connectivity index (χ4n) is 1.56. The van der Waals surface area contributed by atoms with E-state index in [4.69, 9.17) is 4.74 Å². The fraction of sp³-hybridized carbons (Fsp3) is 0.143. The standard InChI is InChI=1S/C14H13NO3/c1-2-3-8-18-11-6-4-10(5-7-11)12-9-13(16)15-14(12)17/h3-9H,2H2,1H3,(H,15,16,17). The van der Waals surface area contributed by atoms with Crippen molar-refractivity contribution in [1.29, 1.82) is 0 Å². The number of benzene rings is 1. The van der Waals surface area contributed by atoms with Crippen molar-refractivity contribution in [2.75, 3.05) is 0 Å². The highest BCUT2D eigenvalue weighted by molar-refractivity contribution is 6.33. The molecule has 0 bridgehead atoms. The van der Waals surface area contributed by atoms with Gasteiger partial charge >= 0.3 is 0 Å². The summed E-state index contributed by atoms with van der Waals surface area (Å²) in [4.78, 5) is 22.5. The molecular formula is C14H13NO3. The summed E-state index contributed by atoms with van der Waals surface area (Å²) in [6, 6.07) is 7.01. The van der Waals surface area contributed by atoms with Gasteiger partial charge in [0.25, 0.3) is 11.8 Å². The Hall–Kier alpha value is -2.36. The van der Waals surface area contributed by atoms with Crippen molar-refractivity contribution in [3.63, 3.8) is 0 Å². The monoisotopic (exact) mass is 243 g/mol. The van der Waals surface area contributed by atoms with Crippen LogP contribution in [0.2, 0.25) is 0 Å². The van der Waals surface area contributed by atoms with Crippen LogP contribution in [-0.2, 0) is 9.59 Å². The number of rotatable bonds is 4. The van der Waals surface area contributed by atoms with Gasteiger partial charge in [0.05, 0.1) is 11.8 Å². The lowest BCUT2D eigenvalue weighted by Crippen LogP contribution is -2.21. The molecular weight excluding hydrogens is 230 g/mol. The topological polar surface area (TPSA) is 55.4 Å². The molecule has 1 aliphatic heterocycles. The van der Waals surface area contributed by atoms with Gasteiger partial charge in [0.1, 0.15) is 5.75 Å². The number of hydrogen-bond acceptors (Lipinski definition) is 3. The minimum Gasteiger partial charge on any atom is -0.465 e. The molecule has 0 atom stereocenters. The molecule has 1 aliphatic rings. The lowest BCUT2D eigenvalue weighted by molar-refractivity contribution is -0.123. The molecule has 92 valence electrons. The fourth-order valence-corrected chi connectivity index (χ4v) is 1.56. The van der Waals surface area contributed by atoms with E-state index in [-0.39, 0.29) is 11.8 Å². The quantitative estimate of drug-likeness (QED) is 0.650. The van der Waals surface area contributed by atoms with Crippen LogP contribution in [0, 0.1) is 0 Å². The molecule has 2 amide bonds. The van der Waals surface area contributed by atoms with E-state index in [1.54, 1.807) is 30.5 Å². The SMILES string of the molecule is CCC=COc1ccc(C2=CC(=O)NC2=O)cc1. The number of carbonyl (C=O) groups excluding carboxylic acids is 2. The molecule has 0 spiro atoms. The molecule has 0 saturated carbocycles. The highest BCUT2D eigenvalue weighted by Gasteiger charge is 2.21. The summed E-state index contributed by atoms with van der Waals surface area (Å²) in [7, 11) is 0. The molecule has 1 N–H and O–H groups in total. The summed E-state index contributed by atoms with van der Waals surface area (Å²) in [5.74, 6) is -0.0467. The van der Waals surface area contributed by atoms with E-state index in [9.17, 15) is 9.59 Å². The Morgan fingerprint density at radius 1 is 1.22 bits per heavy atom. The molecule has 4 heteroatoms. The van der Waals surface area contributed by atoms with Gasteiger partial charge in [-0.1, -0.05) is 19.1 Å². The second kappa shape index (κ2) is 5.31. The van der Waals surface area contributed by atoms with Gasteiger partial charge in [0.2, 0.25) is 0 Å². The van der Waals surface area contributed by atoms with Crippen LogP contribution >= 0.6 is 0 Å². The van der Waals surface area contributed by atoms with Crippen LogP contribution in [0.4, 0.5) is 0 Å². The second-order valence-corrected chi connectivity index (χ2v) is 3.80. The number of nitrogens with one attached hydrogen (secondary N) is 1. The van der Waals surface area contributed by atoms with Crippen molar-refractivity contribution in [1.82, 2.24) is 5.32 Å². The Morgan fingerprint density at radius 2 is 1.94 bits per heavy atom. The van der Waals surface area contributed by atoms with Gasteiger partial charge < -0.3 is 4.74 Å². The maximum atomic E-state index is 11.4. The first-order chi connectivity index (χ1) is 8.70. The Bertz CT molecular complexity index is 526. The zero-order chi connectivity index (χ0) is 13.0. The smallest absolute Gasteiger partial charge is 0.258 e. The van der Waals surface area contributed by atoms with E-state index in [0.29, 0.717) is 16.9 Å². The number of ether oxygens (including phenoxy) is 1. The normalized spacial score (nSPS) is 14.8. The highest BCUT2D eigenvalue weighted by atomic mass is 16.5. The zero-order valence-electron chi connectivity index (χ0n) is 9.97. The third-order valence-electron chi connectivity index (χ3n) is 2.46. The number of amides is 2. The summed E-state index contributed by atoms with van der Waals surface area (Å²) < 4.78 is 5.34. The lowest BCUT2D eigenvalue weighted by Gasteiger charge is -2.03. The minimum absolute atomic E-state index is 0.362. The van der Waals surface area contributed by atoms with Gasteiger partial charge in [-0.15, -0.1) is 0 Å². The van der Waals surface area contributed by atoms with E-state index in [1.807, 2.05) is 13.0 Å². The third kappa shape index (κ3) is 2.66. The molecule has 0 radical (unpaired) electrons. The van der Waals surface area contributed by atoms with Gasteiger partial charge in [0.15, 0.2) is 0 Å². The predicted molar refractivity (Wildman–Crippen MR) is 67.6 cm³/mol. The number of hydrogen-bond donors (Lipinski definition) is 1. The van der Waals surface area contributed by atoms with E-state index < -0.39 is 0 Å². The van der Waals surface area contributed by atoms with Crippen LogP contribution in [-0.4, -0.2) is 11.8 Å². The molecule has 1 heterocycles. The van der Waals surface area contributed by atoms with Crippen LogP contribution in [0.15, 0.2) is 42.7 Å². The molecule has 0 saturated heterocycles. The average molecular weight is 243 g/mol. The highest BCUT2D eigenvalue weighted by Crippen LogP contribution is 2.21. The maximum absolute atomic E-state index is 11.4. The summed E-state index contributed by atoms with van der Waals surface area (Å²) in [6.07, 6.45) is 5.74. The van der Waals surface area contributed by atoms with Crippen LogP contribution in [0.25, 0.3) is 5.57 Å². The Labute approximate surface area is 105 Å². The van der Waals surface area contributed by atoms with Crippen LogP contribution in [0.5, 0.6) is 5.75 Å². The van der Waals surface area contributed by atoms with Crippen LogP contribution in [0.1, 0.15) is 18.9 Å². The summed E-state index contributed by atoms with van der Waals surface area (Å²) in [6.45, 7) is 2.02. The first kappa shape index (κ1) is 12.1. The van der Waals surface area contributed by atoms with Crippen LogP contribution in [0.3, 0.4) is 0 Å². The van der Waals surface area contributed by atoms with E-state index in [2.05, 4.69) is 5.32 Å². The molecule has 0 aromatic heterocycles. The number of carbonyl (C=O) groups is 2. The zero-order valence-corrected chi connectivity index (χ0v) is 9.97. The molecule has 2 rings (SSSR count). The van der Waals surface area contributed by atoms with Crippen LogP contribution < -0.4 is 10.1 Å². The average Bonchev–Trinajstić information content (AvgIpc) is 2.70. The maximum Gasteiger partial charge on any atom is 0.258 e. The summed E-state index contributed by atoms with van der Waals surface area (Å²) >= 11 is 0. The molecule has 1 aromatic carbocycles. The van der Waals surface area contributed by atoms with Crippen molar-refractivity contribution in [2.24, 2.45) is 0 Å². The molecule has 0 fully saturated rings. The van der Waals surface area contributed by atoms with Gasteiger partial charge in [-0.2, -0.15) is 0 Å². The number of allylic oxidation sites excluding steroid dienone is 1. The van der Waals surface area contributed by atoms with Gasteiger partial charge in [0, 0.05) is 6.08 Å². The summed E-state index contributed by atoms with van der Waals surface area (Å²) in [5.41, 5.74) is 1.08. The Balaban J connectivity index is 2.13. The molecule has 18 heavy (non-hydrogen) atoms. The molecule has 0 aliphatic carbocycles. The Morgan fingerprint density at radius 3 is 2.50 bits per heavy atom. The van der Waals surface area contributed by atoms with E-state index in [0.717, 1.165) is 6.42 Å². The molecule has 1 aromatic rings. The number of imide groups is 1. The minimum atomic E-state index is -0.374. The molecule has 0 unspecified atom stereocenters. The van der Waals surface area contributed by atoms with Crippen molar-refractivity contribution >= 4 is 17.4 Å². The second-order valence-electron chi connectivity index (χ2n) is 3.80. The van der Waals surface area contributed by atoms with Gasteiger partial charge in [-0.25, -0.2) is 0 Å². The first-order valence-corrected chi connectivity index (χ1v) is 5.70. The van der Waals surface area contributed by atoms with E-state index in [1.165, 1.54) is 6.08 Å². The van der Waals surface area contributed by atoms with Crippen molar-refractivity contribution in [3.8, 4) is 5.75 Å². The first-order valence-electron chi connectivity index (χ1n) is 5.70. The van der Waals surface area contributed by atoms with E-state index >= 15 is 0 Å². The largest absolute Gasteiger partial charge is 0.465 e. The van der Waals surface area contributed by atoms with Crippen molar-refractivity contribution in [3.05, 3.63) is 48.2 Å². The third-order valence-corrected chi connectivity index (χ3v) is 2.46. The van der Waals surface area contributed by atoms with Gasteiger partial charge in [-0.05, 0) is 30.2 Å². The molecule has 4 nitrogen and oxygen atoms in total. The van der Waals surface area contributed by atoms with Crippen molar-refractivity contribution < 1.29 is 14.3 Å². The summed E-state index contributed by atoms with van der Waals surface area (Å²) in [5, 5.41) is 2.21. The predicted octanol–water partition coefficient (Wildman–Crippen LogP) is 2.03. The lowest BCUT2D eigenvalue weighted by atomic mass is 10.1.